The molecule has 0 radical (unpaired) electrons. The fourth-order valence-electron chi connectivity index (χ4n) is 1.55. The molecule has 5 nitrogen and oxygen atoms in total. The second-order valence-electron chi connectivity index (χ2n) is 4.58. The monoisotopic (exact) mass is 293 g/mol. The third kappa shape index (κ3) is 3.30. The number of benzene rings is 1. The molecule has 1 aromatic heterocycles. The van der Waals surface area contributed by atoms with E-state index in [9.17, 15) is 0 Å². The van der Waals surface area contributed by atoms with Gasteiger partial charge in [-0.1, -0.05) is 17.7 Å². The molecular formula is C14H16ClN3O2. The average molecular weight is 294 g/mol. The highest BCUT2D eigenvalue weighted by atomic mass is 35.5. The zero-order valence-electron chi connectivity index (χ0n) is 11.6. The molecule has 0 aliphatic rings. The van der Waals surface area contributed by atoms with Gasteiger partial charge in [0.1, 0.15) is 12.1 Å². The SMILES string of the molecule is Cc1ccc(Cl)cc1Oc1ncnc(OC(C)C)c1N. The molecule has 6 heteroatoms. The minimum absolute atomic E-state index is 0.0343. The molecule has 2 aromatic rings. The maximum atomic E-state index is 5.96. The standard InChI is InChI=1S/C14H16ClN3O2/c1-8(2)19-13-12(16)14(18-7-17-13)20-11-6-10(15)5-4-9(11)3/h4-8H,16H2,1-3H3. The number of ether oxygens (including phenoxy) is 2. The van der Waals surface area contributed by atoms with Crippen LogP contribution in [-0.2, 0) is 0 Å². The van der Waals surface area contributed by atoms with Crippen molar-refractivity contribution in [2.45, 2.75) is 26.9 Å². The van der Waals surface area contributed by atoms with E-state index in [1.165, 1.54) is 6.33 Å². The molecule has 1 heterocycles. The molecular weight excluding hydrogens is 278 g/mol. The number of aromatic nitrogens is 2. The van der Waals surface area contributed by atoms with Crippen molar-refractivity contribution in [2.75, 3.05) is 5.73 Å². The second-order valence-corrected chi connectivity index (χ2v) is 5.01. The summed E-state index contributed by atoms with van der Waals surface area (Å²) in [6.07, 6.45) is 1.32. The van der Waals surface area contributed by atoms with E-state index in [1.54, 1.807) is 12.1 Å². The number of nitrogens with zero attached hydrogens (tertiary/aromatic N) is 2. The maximum absolute atomic E-state index is 5.96. The van der Waals surface area contributed by atoms with E-state index >= 15 is 0 Å². The van der Waals surface area contributed by atoms with E-state index in [0.29, 0.717) is 16.7 Å². The van der Waals surface area contributed by atoms with Crippen molar-refractivity contribution >= 4 is 17.3 Å². The van der Waals surface area contributed by atoms with Gasteiger partial charge < -0.3 is 15.2 Å². The summed E-state index contributed by atoms with van der Waals surface area (Å²) in [6.45, 7) is 5.70. The lowest BCUT2D eigenvalue weighted by atomic mass is 10.2. The van der Waals surface area contributed by atoms with Gasteiger partial charge in [-0.25, -0.2) is 0 Å². The number of nitrogens with two attached hydrogens (primary N) is 1. The predicted octanol–water partition coefficient (Wildman–Crippen LogP) is 3.60. The van der Waals surface area contributed by atoms with Crippen molar-refractivity contribution in [3.8, 4) is 17.5 Å². The van der Waals surface area contributed by atoms with Crippen molar-refractivity contribution in [1.82, 2.24) is 9.97 Å². The lowest BCUT2D eigenvalue weighted by molar-refractivity contribution is 0.232. The fraction of sp³-hybridized carbons (Fsp3) is 0.286. The van der Waals surface area contributed by atoms with Crippen LogP contribution < -0.4 is 15.2 Å². The largest absolute Gasteiger partial charge is 0.473 e. The van der Waals surface area contributed by atoms with E-state index in [4.69, 9.17) is 26.8 Å². The average Bonchev–Trinajstić information content (AvgIpc) is 2.38. The zero-order valence-corrected chi connectivity index (χ0v) is 12.3. The highest BCUT2D eigenvalue weighted by Crippen LogP contribution is 2.33. The number of halogens is 1. The molecule has 2 rings (SSSR count). The molecule has 0 bridgehead atoms. The van der Waals surface area contributed by atoms with Gasteiger partial charge in [0.15, 0.2) is 5.69 Å². The molecule has 0 spiro atoms. The molecule has 0 fully saturated rings. The summed E-state index contributed by atoms with van der Waals surface area (Å²) in [5.74, 6) is 1.16. The Kier molecular flexibility index (Phi) is 4.29. The highest BCUT2D eigenvalue weighted by molar-refractivity contribution is 6.30. The van der Waals surface area contributed by atoms with Crippen molar-refractivity contribution in [3.63, 3.8) is 0 Å². The Morgan fingerprint density at radius 1 is 1.20 bits per heavy atom. The molecule has 0 saturated carbocycles. The first-order valence-corrected chi connectivity index (χ1v) is 6.56. The van der Waals surface area contributed by atoms with Crippen LogP contribution in [-0.4, -0.2) is 16.1 Å². The van der Waals surface area contributed by atoms with Crippen LogP contribution in [0.3, 0.4) is 0 Å². The number of nitrogen functional groups attached to an aromatic ring is 1. The van der Waals surface area contributed by atoms with Crippen LogP contribution in [0, 0.1) is 6.92 Å². The van der Waals surface area contributed by atoms with Gasteiger partial charge in [0, 0.05) is 5.02 Å². The van der Waals surface area contributed by atoms with Crippen LogP contribution in [0.25, 0.3) is 0 Å². The Morgan fingerprint density at radius 2 is 1.90 bits per heavy atom. The van der Waals surface area contributed by atoms with E-state index < -0.39 is 0 Å². The summed E-state index contributed by atoms with van der Waals surface area (Å²) in [4.78, 5) is 8.03. The first-order valence-electron chi connectivity index (χ1n) is 6.18. The van der Waals surface area contributed by atoms with Crippen molar-refractivity contribution < 1.29 is 9.47 Å². The van der Waals surface area contributed by atoms with Gasteiger partial charge in [-0.2, -0.15) is 9.97 Å². The van der Waals surface area contributed by atoms with Crippen LogP contribution in [0.15, 0.2) is 24.5 Å². The first-order chi connectivity index (χ1) is 9.47. The zero-order chi connectivity index (χ0) is 14.7. The Bertz CT molecular complexity index is 617. The Morgan fingerprint density at radius 3 is 2.60 bits per heavy atom. The van der Waals surface area contributed by atoms with Gasteiger partial charge in [-0.05, 0) is 38.5 Å². The van der Waals surface area contributed by atoms with Gasteiger partial charge in [0.2, 0.25) is 11.8 Å². The smallest absolute Gasteiger partial charge is 0.249 e. The lowest BCUT2D eigenvalue weighted by Gasteiger charge is -2.14. The van der Waals surface area contributed by atoms with Gasteiger partial charge in [-0.3, -0.25) is 0 Å². The topological polar surface area (TPSA) is 70.3 Å². The number of anilines is 1. The van der Waals surface area contributed by atoms with Crippen molar-refractivity contribution in [2.24, 2.45) is 0 Å². The minimum Gasteiger partial charge on any atom is -0.473 e. The molecule has 20 heavy (non-hydrogen) atoms. The number of aryl methyl sites for hydroxylation is 1. The van der Waals surface area contributed by atoms with Crippen LogP contribution in [0.1, 0.15) is 19.4 Å². The lowest BCUT2D eigenvalue weighted by Crippen LogP contribution is -2.10. The van der Waals surface area contributed by atoms with Crippen LogP contribution in [0.2, 0.25) is 5.02 Å². The van der Waals surface area contributed by atoms with Gasteiger partial charge >= 0.3 is 0 Å². The highest BCUT2D eigenvalue weighted by Gasteiger charge is 2.13. The first kappa shape index (κ1) is 14.4. The van der Waals surface area contributed by atoms with Crippen molar-refractivity contribution in [3.05, 3.63) is 35.1 Å². The van der Waals surface area contributed by atoms with Gasteiger partial charge in [0.25, 0.3) is 0 Å². The molecule has 0 saturated heterocycles. The summed E-state index contributed by atoms with van der Waals surface area (Å²) in [6, 6.07) is 5.36. The molecule has 0 atom stereocenters. The molecule has 0 unspecified atom stereocenters. The molecule has 0 aliphatic heterocycles. The molecule has 106 valence electrons. The third-order valence-electron chi connectivity index (χ3n) is 2.51. The Hall–Kier alpha value is -2.01. The van der Waals surface area contributed by atoms with Crippen LogP contribution >= 0.6 is 11.6 Å². The maximum Gasteiger partial charge on any atom is 0.249 e. The van der Waals surface area contributed by atoms with E-state index in [-0.39, 0.29) is 17.7 Å². The second kappa shape index (κ2) is 5.96. The summed E-state index contributed by atoms with van der Waals surface area (Å²) >= 11 is 5.95. The summed E-state index contributed by atoms with van der Waals surface area (Å²) in [7, 11) is 0. The Labute approximate surface area is 122 Å². The summed E-state index contributed by atoms with van der Waals surface area (Å²) < 4.78 is 11.2. The van der Waals surface area contributed by atoms with E-state index in [2.05, 4.69) is 9.97 Å². The van der Waals surface area contributed by atoms with E-state index in [0.717, 1.165) is 5.56 Å². The number of hydrogen-bond donors (Lipinski definition) is 1. The third-order valence-corrected chi connectivity index (χ3v) is 2.75. The number of hydrogen-bond acceptors (Lipinski definition) is 5. The fourth-order valence-corrected chi connectivity index (χ4v) is 1.71. The minimum atomic E-state index is -0.0343. The van der Waals surface area contributed by atoms with Crippen LogP contribution in [0.5, 0.6) is 17.5 Å². The summed E-state index contributed by atoms with van der Waals surface area (Å²) in [5.41, 5.74) is 7.15. The quantitative estimate of drug-likeness (QED) is 0.932. The Balaban J connectivity index is 2.32. The van der Waals surface area contributed by atoms with E-state index in [1.807, 2.05) is 26.8 Å². The predicted molar refractivity (Wildman–Crippen MR) is 78.5 cm³/mol. The van der Waals surface area contributed by atoms with Gasteiger partial charge in [0.05, 0.1) is 6.10 Å². The molecule has 1 aromatic carbocycles. The number of rotatable bonds is 4. The normalized spacial score (nSPS) is 10.7. The van der Waals surface area contributed by atoms with Crippen LogP contribution in [0.4, 0.5) is 5.69 Å². The molecule has 0 aliphatic carbocycles. The van der Waals surface area contributed by atoms with Crippen molar-refractivity contribution in [1.29, 1.82) is 0 Å². The molecule has 0 amide bonds. The summed E-state index contributed by atoms with van der Waals surface area (Å²) in [5, 5.41) is 0.580. The van der Waals surface area contributed by atoms with Gasteiger partial charge in [-0.15, -0.1) is 0 Å². The molecule has 2 N–H and O–H groups in total.